The van der Waals surface area contributed by atoms with Crippen LogP contribution in [0, 0.1) is 0 Å². The van der Waals surface area contributed by atoms with Gasteiger partial charge < -0.3 is 15.1 Å². The molecule has 0 fully saturated rings. The third-order valence-corrected chi connectivity index (χ3v) is 2.05. The molecule has 6 nitrogen and oxygen atoms in total. The van der Waals surface area contributed by atoms with E-state index in [2.05, 4.69) is 15.2 Å². The van der Waals surface area contributed by atoms with E-state index in [1.54, 1.807) is 4.90 Å². The largest absolute Gasteiger partial charge is 0.395 e. The smallest absolute Gasteiger partial charge is 0.245 e. The average molecular weight is 253 g/mol. The highest BCUT2D eigenvalue weighted by Gasteiger charge is 2.13. The summed E-state index contributed by atoms with van der Waals surface area (Å²) in [5.41, 5.74) is 0. The Kier molecular flexibility index (Phi) is 4.97. The molecule has 1 heterocycles. The third-order valence-electron chi connectivity index (χ3n) is 1.64. The second kappa shape index (κ2) is 6.02. The summed E-state index contributed by atoms with van der Waals surface area (Å²) in [4.78, 5) is 5.45. The summed E-state index contributed by atoms with van der Waals surface area (Å²) in [6.45, 7) is 0.403. The molecule has 2 N–H and O–H groups in total. The van der Waals surface area contributed by atoms with Gasteiger partial charge in [0, 0.05) is 13.1 Å². The minimum Gasteiger partial charge on any atom is -0.395 e. The third kappa shape index (κ3) is 3.42. The van der Waals surface area contributed by atoms with E-state index in [0.717, 1.165) is 0 Å². The van der Waals surface area contributed by atoms with Gasteiger partial charge in [-0.2, -0.15) is 4.98 Å². The second-order valence-electron chi connectivity index (χ2n) is 2.63. The van der Waals surface area contributed by atoms with Gasteiger partial charge in [0.2, 0.25) is 5.28 Å². The Morgan fingerprint density at radius 1 is 1.07 bits per heavy atom. The number of aliphatic hydroxyl groups is 2. The molecule has 0 aliphatic rings. The van der Waals surface area contributed by atoms with Crippen molar-refractivity contribution >= 4 is 29.0 Å². The van der Waals surface area contributed by atoms with Crippen LogP contribution < -0.4 is 4.90 Å². The highest BCUT2D eigenvalue weighted by atomic mass is 35.5. The topological polar surface area (TPSA) is 82.4 Å². The van der Waals surface area contributed by atoms with Crippen LogP contribution >= 0.6 is 23.2 Å². The van der Waals surface area contributed by atoms with Gasteiger partial charge >= 0.3 is 0 Å². The molecule has 0 atom stereocenters. The van der Waals surface area contributed by atoms with Crippen molar-refractivity contribution in [3.63, 3.8) is 0 Å². The molecule has 84 valence electrons. The molecule has 0 aromatic carbocycles. The Morgan fingerprint density at radius 3 is 2.20 bits per heavy atom. The van der Waals surface area contributed by atoms with Crippen LogP contribution in [0.3, 0.4) is 0 Å². The molecule has 0 saturated carbocycles. The summed E-state index contributed by atoms with van der Waals surface area (Å²) in [5.74, 6) is 0.305. The Morgan fingerprint density at radius 2 is 1.67 bits per heavy atom. The van der Waals surface area contributed by atoms with Gasteiger partial charge in [0.05, 0.1) is 13.2 Å². The number of anilines is 1. The molecule has 0 saturated heterocycles. The first-order valence-corrected chi connectivity index (χ1v) is 4.97. The van der Waals surface area contributed by atoms with Gasteiger partial charge in [0.25, 0.3) is 0 Å². The zero-order chi connectivity index (χ0) is 11.3. The molecule has 8 heteroatoms. The highest BCUT2D eigenvalue weighted by Crippen LogP contribution is 2.20. The molecule has 0 spiro atoms. The first-order chi connectivity index (χ1) is 7.19. The zero-order valence-corrected chi connectivity index (χ0v) is 9.28. The van der Waals surface area contributed by atoms with Gasteiger partial charge in [0.15, 0.2) is 11.0 Å². The van der Waals surface area contributed by atoms with E-state index >= 15 is 0 Å². The molecule has 1 aromatic rings. The Bertz CT molecular complexity index is 320. The zero-order valence-electron chi connectivity index (χ0n) is 7.77. The van der Waals surface area contributed by atoms with Gasteiger partial charge in [-0.25, -0.2) is 0 Å². The standard InChI is InChI=1S/C7H10Cl2N4O2/c8-5-6(10-7(9)12-11-5)13(1-3-14)2-4-15/h14-15H,1-4H2. The van der Waals surface area contributed by atoms with E-state index in [1.165, 1.54) is 0 Å². The normalized spacial score (nSPS) is 10.4. The maximum Gasteiger partial charge on any atom is 0.245 e. The van der Waals surface area contributed by atoms with Crippen LogP contribution in [0.5, 0.6) is 0 Å². The fraction of sp³-hybridized carbons (Fsp3) is 0.571. The van der Waals surface area contributed by atoms with Gasteiger partial charge in [-0.15, -0.1) is 10.2 Å². The quantitative estimate of drug-likeness (QED) is 0.766. The SMILES string of the molecule is OCCN(CCO)c1nc(Cl)nnc1Cl. The molecule has 0 amide bonds. The van der Waals surface area contributed by atoms with Crippen molar-refractivity contribution in [1.29, 1.82) is 0 Å². The van der Waals surface area contributed by atoms with Crippen molar-refractivity contribution in [3.8, 4) is 0 Å². The van der Waals surface area contributed by atoms with E-state index in [9.17, 15) is 0 Å². The molecular weight excluding hydrogens is 243 g/mol. The molecule has 1 rings (SSSR count). The number of hydrogen-bond acceptors (Lipinski definition) is 6. The molecule has 0 bridgehead atoms. The number of aromatic nitrogens is 3. The van der Waals surface area contributed by atoms with Crippen molar-refractivity contribution in [1.82, 2.24) is 15.2 Å². The van der Waals surface area contributed by atoms with E-state index in [-0.39, 0.29) is 36.7 Å². The van der Waals surface area contributed by atoms with Crippen LogP contribution in [0.4, 0.5) is 5.82 Å². The Labute approximate surface area is 96.5 Å². The summed E-state index contributed by atoms with van der Waals surface area (Å²) in [7, 11) is 0. The lowest BCUT2D eigenvalue weighted by Gasteiger charge is -2.21. The van der Waals surface area contributed by atoms with E-state index < -0.39 is 0 Å². The lowest BCUT2D eigenvalue weighted by Crippen LogP contribution is -2.31. The van der Waals surface area contributed by atoms with Crippen LogP contribution in [0.1, 0.15) is 0 Å². The number of hydrogen-bond donors (Lipinski definition) is 2. The van der Waals surface area contributed by atoms with Crippen LogP contribution in [0.15, 0.2) is 0 Å². The number of rotatable bonds is 5. The van der Waals surface area contributed by atoms with Gasteiger partial charge in [0.1, 0.15) is 0 Å². The maximum atomic E-state index is 8.82. The predicted octanol–water partition coefficient (Wildman–Crippen LogP) is -0.0306. The van der Waals surface area contributed by atoms with Crippen molar-refractivity contribution in [2.24, 2.45) is 0 Å². The number of aliphatic hydroxyl groups excluding tert-OH is 2. The highest BCUT2D eigenvalue weighted by molar-refractivity contribution is 6.32. The van der Waals surface area contributed by atoms with Gasteiger partial charge in [-0.1, -0.05) is 11.6 Å². The van der Waals surface area contributed by atoms with Gasteiger partial charge in [-0.3, -0.25) is 0 Å². The molecule has 15 heavy (non-hydrogen) atoms. The summed E-state index contributed by atoms with van der Waals surface area (Å²) >= 11 is 11.3. The fourth-order valence-corrected chi connectivity index (χ4v) is 1.37. The molecule has 0 aliphatic carbocycles. The van der Waals surface area contributed by atoms with Crippen LogP contribution in [-0.2, 0) is 0 Å². The van der Waals surface area contributed by atoms with E-state index in [1.807, 2.05) is 0 Å². The van der Waals surface area contributed by atoms with Crippen LogP contribution in [0.25, 0.3) is 0 Å². The monoisotopic (exact) mass is 252 g/mol. The Hall–Kier alpha value is -0.690. The molecule has 1 aromatic heterocycles. The summed E-state index contributed by atoms with van der Waals surface area (Å²) in [6.07, 6.45) is 0. The Balaban J connectivity index is 2.93. The van der Waals surface area contributed by atoms with Crippen molar-refractivity contribution in [2.75, 3.05) is 31.2 Å². The molecule has 0 radical (unpaired) electrons. The first-order valence-electron chi connectivity index (χ1n) is 4.21. The summed E-state index contributed by atoms with van der Waals surface area (Å²) in [6, 6.07) is 0. The lowest BCUT2D eigenvalue weighted by molar-refractivity contribution is 0.280. The van der Waals surface area contributed by atoms with E-state index in [0.29, 0.717) is 5.82 Å². The van der Waals surface area contributed by atoms with Crippen molar-refractivity contribution < 1.29 is 10.2 Å². The lowest BCUT2D eigenvalue weighted by atomic mass is 10.4. The second-order valence-corrected chi connectivity index (χ2v) is 3.33. The molecule has 0 aliphatic heterocycles. The fourth-order valence-electron chi connectivity index (χ4n) is 1.05. The number of halogens is 2. The van der Waals surface area contributed by atoms with Crippen molar-refractivity contribution in [3.05, 3.63) is 10.4 Å². The number of nitrogens with zero attached hydrogens (tertiary/aromatic N) is 4. The van der Waals surface area contributed by atoms with Crippen LogP contribution in [0.2, 0.25) is 10.4 Å². The molecular formula is C7H10Cl2N4O2. The van der Waals surface area contributed by atoms with Gasteiger partial charge in [-0.05, 0) is 11.6 Å². The summed E-state index contributed by atoms with van der Waals surface area (Å²) in [5, 5.41) is 24.7. The first kappa shape index (κ1) is 12.4. The maximum absolute atomic E-state index is 8.82. The van der Waals surface area contributed by atoms with Crippen LogP contribution in [-0.4, -0.2) is 51.7 Å². The van der Waals surface area contributed by atoms with Crippen molar-refractivity contribution in [2.45, 2.75) is 0 Å². The molecule has 0 unspecified atom stereocenters. The predicted molar refractivity (Wildman–Crippen MR) is 56.2 cm³/mol. The summed E-state index contributed by atoms with van der Waals surface area (Å²) < 4.78 is 0. The minimum atomic E-state index is -0.0854. The minimum absolute atomic E-state index is 0.0321. The van der Waals surface area contributed by atoms with E-state index in [4.69, 9.17) is 33.4 Å². The average Bonchev–Trinajstić information content (AvgIpc) is 2.21.